The molecule has 3 rings (SSSR count). The molecule has 3 N–H and O–H groups in total. The second kappa shape index (κ2) is 9.55. The predicted molar refractivity (Wildman–Crippen MR) is 112 cm³/mol. The molecule has 1 aromatic heterocycles. The van der Waals surface area contributed by atoms with Crippen LogP contribution in [-0.4, -0.2) is 36.0 Å². The summed E-state index contributed by atoms with van der Waals surface area (Å²) in [5.41, 5.74) is 8.91. The van der Waals surface area contributed by atoms with E-state index >= 15 is 0 Å². The summed E-state index contributed by atoms with van der Waals surface area (Å²) in [4.78, 5) is 19.0. The average molecular weight is 383 g/mol. The molecule has 0 radical (unpaired) electrons. The van der Waals surface area contributed by atoms with Crippen molar-refractivity contribution in [2.24, 2.45) is 5.92 Å². The van der Waals surface area contributed by atoms with E-state index < -0.39 is 0 Å². The molecule has 2 heterocycles. The molecule has 2 aromatic rings. The van der Waals surface area contributed by atoms with Gasteiger partial charge in [-0.2, -0.15) is 0 Å². The normalized spacial score (nSPS) is 17.3. The van der Waals surface area contributed by atoms with E-state index in [4.69, 9.17) is 10.5 Å². The van der Waals surface area contributed by atoms with Crippen molar-refractivity contribution >= 4 is 17.4 Å². The number of rotatable bonds is 7. The third-order valence-corrected chi connectivity index (χ3v) is 5.41. The van der Waals surface area contributed by atoms with Gasteiger partial charge in [-0.1, -0.05) is 6.07 Å². The van der Waals surface area contributed by atoms with E-state index in [0.717, 1.165) is 55.0 Å². The molecule has 1 atom stereocenters. The highest BCUT2D eigenvalue weighted by Gasteiger charge is 2.21. The fourth-order valence-corrected chi connectivity index (χ4v) is 3.81. The Morgan fingerprint density at radius 1 is 1.39 bits per heavy atom. The largest absolute Gasteiger partial charge is 0.497 e. The highest BCUT2D eigenvalue weighted by molar-refractivity contribution is 5.91. The topological polar surface area (TPSA) is 80.5 Å². The number of nitrogens with two attached hydrogens (primary N) is 1. The molecule has 28 heavy (non-hydrogen) atoms. The molecule has 0 bridgehead atoms. The van der Waals surface area contributed by atoms with Gasteiger partial charge in [-0.15, -0.1) is 0 Å². The Morgan fingerprint density at radius 2 is 2.25 bits per heavy atom. The molecule has 150 valence electrons. The van der Waals surface area contributed by atoms with Gasteiger partial charge >= 0.3 is 0 Å². The molecule has 6 nitrogen and oxygen atoms in total. The fraction of sp³-hybridized carbons (Fsp3) is 0.455. The minimum absolute atomic E-state index is 0.0712. The van der Waals surface area contributed by atoms with Crippen LogP contribution in [0.5, 0.6) is 5.75 Å². The summed E-state index contributed by atoms with van der Waals surface area (Å²) < 4.78 is 5.21. The van der Waals surface area contributed by atoms with E-state index in [9.17, 15) is 4.79 Å². The number of nitrogen functional groups attached to an aromatic ring is 1. The summed E-state index contributed by atoms with van der Waals surface area (Å²) in [5, 5.41) is 3.03. The highest BCUT2D eigenvalue weighted by atomic mass is 16.5. The Hall–Kier alpha value is -2.60. The fourth-order valence-electron chi connectivity index (χ4n) is 3.81. The van der Waals surface area contributed by atoms with E-state index in [1.807, 2.05) is 37.3 Å². The zero-order valence-corrected chi connectivity index (χ0v) is 16.8. The smallest absolute Gasteiger partial charge is 0.224 e. The molecule has 6 heteroatoms. The Morgan fingerprint density at radius 3 is 3.00 bits per heavy atom. The van der Waals surface area contributed by atoms with Crippen LogP contribution in [0.2, 0.25) is 0 Å². The number of aryl methyl sites for hydroxylation is 1. The van der Waals surface area contributed by atoms with E-state index in [1.54, 1.807) is 13.3 Å². The van der Waals surface area contributed by atoms with Crippen LogP contribution in [-0.2, 0) is 11.3 Å². The SMILES string of the molecule is COc1ccc(NC(=O)CC[C@@H]2CCCN(Cc3cccnc3N)C2)c(C)c1. The number of ether oxygens (including phenoxy) is 1. The van der Waals surface area contributed by atoms with E-state index in [1.165, 1.54) is 6.42 Å². The number of aromatic nitrogens is 1. The lowest BCUT2D eigenvalue weighted by atomic mass is 9.93. The number of methoxy groups -OCH3 is 1. The van der Waals surface area contributed by atoms with Crippen molar-refractivity contribution < 1.29 is 9.53 Å². The average Bonchev–Trinajstić information content (AvgIpc) is 2.70. The number of hydrogen-bond donors (Lipinski definition) is 2. The highest BCUT2D eigenvalue weighted by Crippen LogP contribution is 2.25. The predicted octanol–water partition coefficient (Wildman–Crippen LogP) is 3.61. The Balaban J connectivity index is 1.47. The second-order valence-electron chi connectivity index (χ2n) is 7.56. The van der Waals surface area contributed by atoms with E-state index in [-0.39, 0.29) is 5.91 Å². The van der Waals surface area contributed by atoms with Crippen molar-refractivity contribution in [1.29, 1.82) is 0 Å². The zero-order chi connectivity index (χ0) is 19.9. The lowest BCUT2D eigenvalue weighted by molar-refractivity contribution is -0.116. The molecule has 1 aromatic carbocycles. The Kier molecular flexibility index (Phi) is 6.87. The van der Waals surface area contributed by atoms with Gasteiger partial charge in [-0.25, -0.2) is 4.98 Å². The maximum absolute atomic E-state index is 12.4. The first kappa shape index (κ1) is 20.1. The molecule has 1 aliphatic rings. The summed E-state index contributed by atoms with van der Waals surface area (Å²) in [6.45, 7) is 4.87. The lowest BCUT2D eigenvalue weighted by Gasteiger charge is -2.32. The van der Waals surface area contributed by atoms with Gasteiger partial charge in [0, 0.05) is 37.0 Å². The van der Waals surface area contributed by atoms with Crippen LogP contribution in [0.4, 0.5) is 11.5 Å². The number of nitrogens with one attached hydrogen (secondary N) is 1. The quantitative estimate of drug-likeness (QED) is 0.765. The summed E-state index contributed by atoms with van der Waals surface area (Å²) in [5.74, 6) is 2.02. The summed E-state index contributed by atoms with van der Waals surface area (Å²) in [6, 6.07) is 9.66. The van der Waals surface area contributed by atoms with E-state index in [0.29, 0.717) is 18.2 Å². The van der Waals surface area contributed by atoms with Gasteiger partial charge in [-0.3, -0.25) is 9.69 Å². The number of nitrogens with zero attached hydrogens (tertiary/aromatic N) is 2. The number of amides is 1. The summed E-state index contributed by atoms with van der Waals surface area (Å²) >= 11 is 0. The maximum Gasteiger partial charge on any atom is 0.224 e. The maximum atomic E-state index is 12.4. The molecular formula is C22H30N4O2. The molecule has 0 unspecified atom stereocenters. The van der Waals surface area contributed by atoms with Crippen molar-refractivity contribution in [3.8, 4) is 5.75 Å². The number of hydrogen-bond acceptors (Lipinski definition) is 5. The van der Waals surface area contributed by atoms with E-state index in [2.05, 4.69) is 15.2 Å². The van der Waals surface area contributed by atoms with Gasteiger partial charge in [0.25, 0.3) is 0 Å². The van der Waals surface area contributed by atoms with Crippen molar-refractivity contribution in [2.45, 2.75) is 39.2 Å². The molecule has 1 aliphatic heterocycles. The monoisotopic (exact) mass is 382 g/mol. The number of benzene rings is 1. The van der Waals surface area contributed by atoms with Crippen LogP contribution < -0.4 is 15.8 Å². The number of carbonyl (C=O) groups is 1. The third-order valence-electron chi connectivity index (χ3n) is 5.41. The first-order valence-electron chi connectivity index (χ1n) is 9.91. The molecule has 0 saturated carbocycles. The molecular weight excluding hydrogens is 352 g/mol. The minimum atomic E-state index is 0.0712. The van der Waals surface area contributed by atoms with Crippen LogP contribution in [0, 0.1) is 12.8 Å². The van der Waals surface area contributed by atoms with Gasteiger partial charge in [0.1, 0.15) is 11.6 Å². The van der Waals surface area contributed by atoms with Crippen LogP contribution in [0.25, 0.3) is 0 Å². The van der Waals surface area contributed by atoms with Crippen molar-refractivity contribution in [3.63, 3.8) is 0 Å². The van der Waals surface area contributed by atoms with Crippen LogP contribution in [0.15, 0.2) is 36.5 Å². The first-order valence-corrected chi connectivity index (χ1v) is 9.91. The van der Waals surface area contributed by atoms with Gasteiger partial charge < -0.3 is 15.8 Å². The van der Waals surface area contributed by atoms with Gasteiger partial charge in [-0.05, 0) is 68.5 Å². The summed E-state index contributed by atoms with van der Waals surface area (Å²) in [6.07, 6.45) is 5.50. The van der Waals surface area contributed by atoms with Crippen molar-refractivity contribution in [3.05, 3.63) is 47.7 Å². The summed E-state index contributed by atoms with van der Waals surface area (Å²) in [7, 11) is 1.64. The van der Waals surface area contributed by atoms with Crippen LogP contribution in [0.3, 0.4) is 0 Å². The second-order valence-corrected chi connectivity index (χ2v) is 7.56. The molecule has 0 spiro atoms. The molecule has 1 saturated heterocycles. The number of likely N-dealkylation sites (tertiary alicyclic amines) is 1. The zero-order valence-electron chi connectivity index (χ0n) is 16.8. The van der Waals surface area contributed by atoms with Crippen molar-refractivity contribution in [1.82, 2.24) is 9.88 Å². The van der Waals surface area contributed by atoms with Gasteiger partial charge in [0.05, 0.1) is 7.11 Å². The Bertz CT molecular complexity index is 809. The number of pyridine rings is 1. The van der Waals surface area contributed by atoms with Gasteiger partial charge in [0.15, 0.2) is 0 Å². The number of piperidine rings is 1. The molecule has 1 amide bonds. The third kappa shape index (κ3) is 5.45. The molecule has 1 fully saturated rings. The van der Waals surface area contributed by atoms with Crippen LogP contribution in [0.1, 0.15) is 36.8 Å². The minimum Gasteiger partial charge on any atom is -0.497 e. The number of anilines is 2. The van der Waals surface area contributed by atoms with Crippen LogP contribution >= 0.6 is 0 Å². The lowest BCUT2D eigenvalue weighted by Crippen LogP contribution is -2.35. The van der Waals surface area contributed by atoms with Gasteiger partial charge in [0.2, 0.25) is 5.91 Å². The molecule has 0 aliphatic carbocycles. The van der Waals surface area contributed by atoms with Crippen molar-refractivity contribution in [2.75, 3.05) is 31.2 Å². The number of carbonyl (C=O) groups excluding carboxylic acids is 1. The standard InChI is InChI=1S/C22H30N4O2/c1-16-13-19(28-2)8-9-20(16)25-21(27)10-7-17-5-4-12-26(14-17)15-18-6-3-11-24-22(18)23/h3,6,8-9,11,13,17H,4-5,7,10,12,14-15H2,1-2H3,(H2,23,24)(H,25,27)/t17-/m0/s1. The Labute approximate surface area is 167 Å². The first-order chi connectivity index (χ1) is 13.5.